The molecule has 0 saturated carbocycles. The third-order valence-electron chi connectivity index (χ3n) is 3.02. The molecule has 10 heteroatoms. The van der Waals surface area contributed by atoms with Crippen molar-refractivity contribution in [1.82, 2.24) is 9.97 Å². The van der Waals surface area contributed by atoms with Crippen LogP contribution in [0, 0.1) is 0 Å². The molecule has 23 heavy (non-hydrogen) atoms. The molecule has 1 aliphatic heterocycles. The predicted molar refractivity (Wildman–Crippen MR) is 80.0 cm³/mol. The van der Waals surface area contributed by atoms with Gasteiger partial charge in [-0.2, -0.15) is 0 Å². The minimum atomic E-state index is -4.33. The first-order valence-corrected chi connectivity index (χ1v) is 8.69. The quantitative estimate of drug-likeness (QED) is 0.492. The van der Waals surface area contributed by atoms with Crippen molar-refractivity contribution in [2.45, 2.75) is 15.7 Å². The van der Waals surface area contributed by atoms with Crippen LogP contribution >= 0.6 is 11.8 Å². The summed E-state index contributed by atoms with van der Waals surface area (Å²) in [6, 6.07) is 5.09. The summed E-state index contributed by atoms with van der Waals surface area (Å²) in [4.78, 5) is 11.3. The molecular weight excluding hydrogens is 349 g/mol. The van der Waals surface area contributed by atoms with Gasteiger partial charge in [-0.05, 0) is 17.7 Å². The number of nitrogens with zero attached hydrogens (tertiary/aromatic N) is 3. The molecule has 0 spiro atoms. The van der Waals surface area contributed by atoms with Crippen molar-refractivity contribution in [2.75, 3.05) is 18.7 Å². The fourth-order valence-electron chi connectivity index (χ4n) is 2.21. The number of benzene rings is 1. The molecule has 1 aromatic heterocycles. The average molecular weight is 361 g/mol. The van der Waals surface area contributed by atoms with Gasteiger partial charge in [-0.25, -0.2) is 18.4 Å². The molecular formula is C13H12N3NaO4S2. The van der Waals surface area contributed by atoms with Crippen molar-refractivity contribution in [3.63, 3.8) is 0 Å². The molecule has 1 aliphatic rings. The van der Waals surface area contributed by atoms with Gasteiger partial charge in [0.05, 0.1) is 21.6 Å². The number of hydrogen-bond acceptors (Lipinski definition) is 8. The van der Waals surface area contributed by atoms with Gasteiger partial charge in [-0.3, -0.25) is 4.90 Å². The summed E-state index contributed by atoms with van der Waals surface area (Å²) in [5.41, 5.74) is 1.18. The molecule has 1 aromatic carbocycles. The number of aromatic nitrogens is 2. The number of hydrogen-bond donors (Lipinski definition) is 0. The van der Waals surface area contributed by atoms with Crippen LogP contribution in [-0.4, -0.2) is 36.8 Å². The summed E-state index contributed by atoms with van der Waals surface area (Å²) in [7, 11) is -2.77. The molecule has 0 bridgehead atoms. The zero-order valence-corrected chi connectivity index (χ0v) is 16.2. The smallest absolute Gasteiger partial charge is 0.748 e. The first-order valence-electron chi connectivity index (χ1n) is 6.30. The van der Waals surface area contributed by atoms with E-state index in [0.29, 0.717) is 11.4 Å². The number of rotatable bonds is 4. The first kappa shape index (κ1) is 18.7. The van der Waals surface area contributed by atoms with Crippen LogP contribution in [0.1, 0.15) is 5.56 Å². The fourth-order valence-corrected chi connectivity index (χ4v) is 3.78. The zero-order valence-electron chi connectivity index (χ0n) is 12.6. The van der Waals surface area contributed by atoms with Crippen LogP contribution in [0.15, 0.2) is 40.5 Å². The minimum Gasteiger partial charge on any atom is -0.748 e. The minimum absolute atomic E-state index is 0. The number of anilines is 2. The summed E-state index contributed by atoms with van der Waals surface area (Å²) < 4.78 is 38.1. The van der Waals surface area contributed by atoms with Gasteiger partial charge >= 0.3 is 29.6 Å². The molecule has 0 amide bonds. The number of fused-ring (bicyclic) bond motifs is 2. The summed E-state index contributed by atoms with van der Waals surface area (Å²) in [5.74, 6) is 0.100. The van der Waals surface area contributed by atoms with Crippen molar-refractivity contribution >= 4 is 33.4 Å². The summed E-state index contributed by atoms with van der Waals surface area (Å²) in [6.07, 6.45) is 3.19. The maximum absolute atomic E-state index is 11.0. The Morgan fingerprint density at radius 3 is 2.74 bits per heavy atom. The standard InChI is InChI=1S/C13H13N3O4S2.Na/c1-20-8-16-10-6-9(7-22(17,18)19)2-3-11(10)21-13-12(16)14-4-5-15-13;/h2-6H,7-8H2,1H3,(H,17,18,19);/q;+1/p-1. The Balaban J connectivity index is 0.00000192. The number of ether oxygens (including phenoxy) is 1. The van der Waals surface area contributed by atoms with Crippen molar-refractivity contribution < 1.29 is 47.3 Å². The van der Waals surface area contributed by atoms with Crippen molar-refractivity contribution in [3.8, 4) is 0 Å². The van der Waals surface area contributed by atoms with E-state index in [2.05, 4.69) is 9.97 Å². The zero-order chi connectivity index (χ0) is 15.7. The monoisotopic (exact) mass is 361 g/mol. The third-order valence-corrected chi connectivity index (χ3v) is 4.76. The topological polar surface area (TPSA) is 95.5 Å². The van der Waals surface area contributed by atoms with Crippen LogP contribution in [0.4, 0.5) is 11.5 Å². The maximum Gasteiger partial charge on any atom is 1.00 e. The van der Waals surface area contributed by atoms with Crippen molar-refractivity contribution in [3.05, 3.63) is 36.2 Å². The molecule has 0 N–H and O–H groups in total. The van der Waals surface area contributed by atoms with Gasteiger partial charge in [-0.1, -0.05) is 17.8 Å². The molecule has 2 heterocycles. The summed E-state index contributed by atoms with van der Waals surface area (Å²) in [6.45, 7) is 0.243. The Morgan fingerprint density at radius 2 is 2.04 bits per heavy atom. The first-order chi connectivity index (χ1) is 10.5. The summed E-state index contributed by atoms with van der Waals surface area (Å²) >= 11 is 1.44. The Labute approximate surface area is 160 Å². The largest absolute Gasteiger partial charge is 1.00 e. The van der Waals surface area contributed by atoms with E-state index in [1.54, 1.807) is 42.6 Å². The van der Waals surface area contributed by atoms with E-state index >= 15 is 0 Å². The van der Waals surface area contributed by atoms with E-state index in [0.717, 1.165) is 15.6 Å². The Kier molecular flexibility index (Phi) is 6.06. The molecule has 2 aromatic rings. The average Bonchev–Trinajstić information content (AvgIpc) is 2.46. The van der Waals surface area contributed by atoms with Crippen LogP contribution in [0.25, 0.3) is 0 Å². The van der Waals surface area contributed by atoms with Gasteiger partial charge in [0, 0.05) is 24.4 Å². The van der Waals surface area contributed by atoms with Crippen molar-refractivity contribution in [1.29, 1.82) is 0 Å². The van der Waals surface area contributed by atoms with Gasteiger partial charge in [0.1, 0.15) is 11.8 Å². The molecule has 7 nitrogen and oxygen atoms in total. The Hall–Kier alpha value is -0.680. The van der Waals surface area contributed by atoms with Crippen LogP contribution < -0.4 is 34.5 Å². The fraction of sp³-hybridized carbons (Fsp3) is 0.231. The van der Waals surface area contributed by atoms with E-state index < -0.39 is 15.9 Å². The third kappa shape index (κ3) is 4.24. The van der Waals surface area contributed by atoms with Crippen LogP contribution in [0.3, 0.4) is 0 Å². The van der Waals surface area contributed by atoms with Gasteiger partial charge < -0.3 is 9.29 Å². The second kappa shape index (κ2) is 7.47. The molecule has 0 saturated heterocycles. The van der Waals surface area contributed by atoms with Gasteiger partial charge in [-0.15, -0.1) is 0 Å². The van der Waals surface area contributed by atoms with Crippen molar-refractivity contribution in [2.24, 2.45) is 0 Å². The predicted octanol–water partition coefficient (Wildman–Crippen LogP) is -1.27. The molecule has 116 valence electrons. The van der Waals surface area contributed by atoms with E-state index in [1.807, 2.05) is 0 Å². The van der Waals surface area contributed by atoms with E-state index in [9.17, 15) is 13.0 Å². The summed E-state index contributed by atoms with van der Waals surface area (Å²) in [5, 5.41) is 0.747. The Morgan fingerprint density at radius 1 is 1.30 bits per heavy atom. The normalized spacial score (nSPS) is 13.0. The second-order valence-electron chi connectivity index (χ2n) is 4.64. The van der Waals surface area contributed by atoms with Crippen LogP contribution in [0.5, 0.6) is 0 Å². The molecule has 0 radical (unpaired) electrons. The Bertz CT molecular complexity index is 817. The van der Waals surface area contributed by atoms with Gasteiger partial charge in [0.25, 0.3) is 0 Å². The van der Waals surface area contributed by atoms with E-state index in [1.165, 1.54) is 11.8 Å². The maximum atomic E-state index is 11.0. The molecule has 3 rings (SSSR count). The SMILES string of the molecule is COCN1c2cc(CS(=O)(=O)[O-])ccc2Sc2nccnc21.[Na+]. The van der Waals surface area contributed by atoms with E-state index in [-0.39, 0.29) is 36.3 Å². The second-order valence-corrected chi connectivity index (χ2v) is 7.07. The van der Waals surface area contributed by atoms with Gasteiger partial charge in [0.2, 0.25) is 0 Å². The molecule has 0 unspecified atom stereocenters. The van der Waals surface area contributed by atoms with Crippen LogP contribution in [0.2, 0.25) is 0 Å². The molecule has 0 atom stereocenters. The molecule has 0 aliphatic carbocycles. The number of methoxy groups -OCH3 is 1. The van der Waals surface area contributed by atoms with Gasteiger partial charge in [0.15, 0.2) is 5.82 Å². The van der Waals surface area contributed by atoms with E-state index in [4.69, 9.17) is 4.74 Å². The van der Waals surface area contributed by atoms with Crippen LogP contribution in [-0.2, 0) is 20.6 Å². The molecule has 0 fully saturated rings.